The largest absolute Gasteiger partial charge is 0.489 e. The molecule has 1 heterocycles. The van der Waals surface area contributed by atoms with Crippen LogP contribution in [0.5, 0.6) is 5.75 Å². The number of carbonyl (C=O) groups is 1. The van der Waals surface area contributed by atoms with Crippen LogP contribution in [0.25, 0.3) is 0 Å². The Hall–Kier alpha value is -1.30. The second-order valence-corrected chi connectivity index (χ2v) is 4.70. The first-order valence-electron chi connectivity index (χ1n) is 6.54. The molecule has 0 radical (unpaired) electrons. The lowest BCUT2D eigenvalue weighted by Crippen LogP contribution is -2.23. The van der Waals surface area contributed by atoms with Gasteiger partial charge >= 0.3 is 0 Å². The fourth-order valence-corrected chi connectivity index (χ4v) is 2.01. The van der Waals surface area contributed by atoms with Crippen LogP contribution < -0.4 is 15.8 Å². The first kappa shape index (κ1) is 16.8. The van der Waals surface area contributed by atoms with Crippen LogP contribution in [0.1, 0.15) is 18.4 Å². The van der Waals surface area contributed by atoms with Crippen molar-refractivity contribution in [2.75, 3.05) is 25.1 Å². The lowest BCUT2D eigenvalue weighted by Gasteiger charge is -2.15. The van der Waals surface area contributed by atoms with Gasteiger partial charge in [0.15, 0.2) is 0 Å². The number of benzene rings is 1. The molecule has 112 valence electrons. The molecule has 1 atom stereocenters. The second kappa shape index (κ2) is 8.09. The quantitative estimate of drug-likeness (QED) is 0.870. The van der Waals surface area contributed by atoms with Gasteiger partial charge in [-0.1, -0.05) is 6.07 Å². The molecule has 1 aromatic carbocycles. The van der Waals surface area contributed by atoms with E-state index in [9.17, 15) is 4.79 Å². The van der Waals surface area contributed by atoms with Gasteiger partial charge in [0.25, 0.3) is 0 Å². The Bertz CT molecular complexity index is 448. The highest BCUT2D eigenvalue weighted by Crippen LogP contribution is 2.26. The van der Waals surface area contributed by atoms with Gasteiger partial charge in [-0.15, -0.1) is 12.4 Å². The van der Waals surface area contributed by atoms with Gasteiger partial charge < -0.3 is 20.5 Å². The highest BCUT2D eigenvalue weighted by atomic mass is 35.5. The molecule has 1 fully saturated rings. The van der Waals surface area contributed by atoms with E-state index in [-0.39, 0.29) is 31.0 Å². The molecular formula is C14H21ClN2O3. The Balaban J connectivity index is 0.00000200. The number of carbonyl (C=O) groups excluding carboxylic acids is 1. The Morgan fingerprint density at radius 2 is 2.35 bits per heavy atom. The highest BCUT2D eigenvalue weighted by Gasteiger charge is 2.17. The van der Waals surface area contributed by atoms with Crippen molar-refractivity contribution in [3.05, 3.63) is 23.8 Å². The second-order valence-electron chi connectivity index (χ2n) is 4.70. The van der Waals surface area contributed by atoms with E-state index in [1.54, 1.807) is 0 Å². The summed E-state index contributed by atoms with van der Waals surface area (Å²) in [4.78, 5) is 11.4. The normalized spacial score (nSPS) is 17.4. The van der Waals surface area contributed by atoms with Crippen LogP contribution >= 0.6 is 12.4 Å². The number of hydrogen-bond donors (Lipinski definition) is 2. The predicted molar refractivity (Wildman–Crippen MR) is 80.6 cm³/mol. The number of amides is 1. The Morgan fingerprint density at radius 3 is 3.00 bits per heavy atom. The van der Waals surface area contributed by atoms with E-state index < -0.39 is 0 Å². The van der Waals surface area contributed by atoms with Crippen LogP contribution in [0.3, 0.4) is 0 Å². The average Bonchev–Trinajstić information content (AvgIpc) is 2.92. The molecular weight excluding hydrogens is 280 g/mol. The molecule has 1 aromatic rings. The van der Waals surface area contributed by atoms with E-state index >= 15 is 0 Å². The van der Waals surface area contributed by atoms with Crippen LogP contribution in [0, 0.1) is 6.92 Å². The molecule has 1 aliphatic heterocycles. The molecule has 1 saturated heterocycles. The molecule has 3 N–H and O–H groups in total. The smallest absolute Gasteiger partial charge is 0.238 e. The monoisotopic (exact) mass is 300 g/mol. The average molecular weight is 301 g/mol. The summed E-state index contributed by atoms with van der Waals surface area (Å²) in [7, 11) is 0. The summed E-state index contributed by atoms with van der Waals surface area (Å²) in [6.45, 7) is 3.25. The maximum absolute atomic E-state index is 11.4. The molecule has 6 heteroatoms. The summed E-state index contributed by atoms with van der Waals surface area (Å²) in [6.07, 6.45) is 2.26. The van der Waals surface area contributed by atoms with Crippen molar-refractivity contribution < 1.29 is 14.3 Å². The van der Waals surface area contributed by atoms with Crippen molar-refractivity contribution in [3.63, 3.8) is 0 Å². The van der Waals surface area contributed by atoms with Crippen molar-refractivity contribution in [1.29, 1.82) is 0 Å². The summed E-state index contributed by atoms with van der Waals surface area (Å²) in [5.74, 6) is 0.433. The van der Waals surface area contributed by atoms with Crippen LogP contribution in [0.4, 0.5) is 5.69 Å². The number of nitrogens with one attached hydrogen (secondary N) is 1. The van der Waals surface area contributed by atoms with Gasteiger partial charge in [0.1, 0.15) is 12.4 Å². The molecule has 5 nitrogen and oxygen atoms in total. The fraction of sp³-hybridized carbons (Fsp3) is 0.500. The van der Waals surface area contributed by atoms with Crippen molar-refractivity contribution >= 4 is 24.0 Å². The Morgan fingerprint density at radius 1 is 1.55 bits per heavy atom. The molecule has 0 saturated carbocycles. The van der Waals surface area contributed by atoms with Gasteiger partial charge in [-0.2, -0.15) is 0 Å². The number of anilines is 1. The molecule has 0 bridgehead atoms. The van der Waals surface area contributed by atoms with E-state index in [0.29, 0.717) is 18.0 Å². The van der Waals surface area contributed by atoms with Gasteiger partial charge in [0.2, 0.25) is 5.91 Å². The maximum atomic E-state index is 11.4. The molecule has 20 heavy (non-hydrogen) atoms. The number of aryl methyl sites for hydroxylation is 1. The van der Waals surface area contributed by atoms with Crippen LogP contribution in [0.2, 0.25) is 0 Å². The molecule has 2 rings (SSSR count). The molecule has 0 aromatic heterocycles. The van der Waals surface area contributed by atoms with E-state index in [0.717, 1.165) is 25.0 Å². The van der Waals surface area contributed by atoms with E-state index in [1.165, 1.54) is 0 Å². The van der Waals surface area contributed by atoms with Crippen LogP contribution in [-0.4, -0.2) is 31.8 Å². The third-order valence-electron chi connectivity index (χ3n) is 3.05. The Labute approximate surface area is 125 Å². The molecule has 1 unspecified atom stereocenters. The van der Waals surface area contributed by atoms with Crippen LogP contribution in [0.15, 0.2) is 18.2 Å². The first-order chi connectivity index (χ1) is 9.19. The fourth-order valence-electron chi connectivity index (χ4n) is 2.01. The maximum Gasteiger partial charge on any atom is 0.238 e. The van der Waals surface area contributed by atoms with Crippen LogP contribution in [-0.2, 0) is 9.53 Å². The first-order valence-corrected chi connectivity index (χ1v) is 6.54. The molecule has 1 aliphatic rings. The topological polar surface area (TPSA) is 73.6 Å². The summed E-state index contributed by atoms with van der Waals surface area (Å²) in [6, 6.07) is 5.65. The lowest BCUT2D eigenvalue weighted by molar-refractivity contribution is -0.114. The minimum Gasteiger partial charge on any atom is -0.489 e. The Kier molecular flexibility index (Phi) is 6.78. The van der Waals surface area contributed by atoms with Crippen molar-refractivity contribution in [2.45, 2.75) is 25.9 Å². The van der Waals surface area contributed by atoms with Gasteiger partial charge in [0, 0.05) is 6.61 Å². The zero-order chi connectivity index (χ0) is 13.7. The van der Waals surface area contributed by atoms with Crippen molar-refractivity contribution in [3.8, 4) is 5.75 Å². The van der Waals surface area contributed by atoms with E-state index in [4.69, 9.17) is 15.2 Å². The summed E-state index contributed by atoms with van der Waals surface area (Å²) >= 11 is 0. The zero-order valence-electron chi connectivity index (χ0n) is 11.6. The predicted octanol–water partition coefficient (Wildman–Crippen LogP) is 1.87. The molecule has 1 amide bonds. The van der Waals surface area contributed by atoms with Crippen molar-refractivity contribution in [1.82, 2.24) is 0 Å². The third kappa shape index (κ3) is 4.67. The number of nitrogens with two attached hydrogens (primary N) is 1. The third-order valence-corrected chi connectivity index (χ3v) is 3.05. The lowest BCUT2D eigenvalue weighted by atomic mass is 10.2. The van der Waals surface area contributed by atoms with Gasteiger partial charge in [-0.25, -0.2) is 0 Å². The van der Waals surface area contributed by atoms with Gasteiger partial charge in [-0.3, -0.25) is 4.79 Å². The summed E-state index contributed by atoms with van der Waals surface area (Å²) in [5, 5.41) is 2.73. The SMILES string of the molecule is Cc1ccc(NC(=O)CN)c(OCC2CCCO2)c1.Cl. The van der Waals surface area contributed by atoms with E-state index in [2.05, 4.69) is 5.32 Å². The van der Waals surface area contributed by atoms with Gasteiger partial charge in [0.05, 0.1) is 18.3 Å². The van der Waals surface area contributed by atoms with E-state index in [1.807, 2.05) is 25.1 Å². The number of hydrogen-bond acceptors (Lipinski definition) is 4. The molecule has 0 spiro atoms. The standard InChI is InChI=1S/C14H20N2O3.ClH/c1-10-4-5-12(16-14(17)8-15)13(7-10)19-9-11-3-2-6-18-11;/h4-5,7,11H,2-3,6,8-9,15H2,1H3,(H,16,17);1H. The van der Waals surface area contributed by atoms with Crippen molar-refractivity contribution in [2.24, 2.45) is 5.73 Å². The number of rotatable bonds is 5. The minimum absolute atomic E-state index is 0. The number of halogens is 1. The molecule has 0 aliphatic carbocycles. The van der Waals surface area contributed by atoms with Gasteiger partial charge in [-0.05, 0) is 37.5 Å². The summed E-state index contributed by atoms with van der Waals surface area (Å²) in [5.41, 5.74) is 7.03. The number of ether oxygens (including phenoxy) is 2. The summed E-state index contributed by atoms with van der Waals surface area (Å²) < 4.78 is 11.3. The minimum atomic E-state index is -0.231. The highest BCUT2D eigenvalue weighted by molar-refractivity contribution is 5.93. The zero-order valence-corrected chi connectivity index (χ0v) is 12.4.